The lowest BCUT2D eigenvalue weighted by Gasteiger charge is -2.25. The minimum atomic E-state index is -0.545. The third kappa shape index (κ3) is 1.92. The molecule has 2 heterocycles. The normalized spacial score (nSPS) is 21.0. The minimum Gasteiger partial charge on any atom is -0.358 e. The Kier molecular flexibility index (Phi) is 3.16. The lowest BCUT2D eigenvalue weighted by Crippen LogP contribution is -2.36. The Balaban J connectivity index is 2.51. The van der Waals surface area contributed by atoms with Gasteiger partial charge >= 0.3 is 5.69 Å². The van der Waals surface area contributed by atoms with E-state index in [0.717, 1.165) is 19.3 Å². The van der Waals surface area contributed by atoms with Crippen molar-refractivity contribution in [1.29, 1.82) is 0 Å². The highest BCUT2D eigenvalue weighted by Gasteiger charge is 2.20. The topological polar surface area (TPSA) is 64.1 Å². The van der Waals surface area contributed by atoms with Gasteiger partial charge in [0, 0.05) is 12.3 Å². The average molecular weight is 245 g/mol. The van der Waals surface area contributed by atoms with Gasteiger partial charge in [-0.15, -0.1) is 0 Å². The van der Waals surface area contributed by atoms with E-state index in [9.17, 15) is 9.59 Å². The maximum absolute atomic E-state index is 11.7. The fourth-order valence-electron chi connectivity index (χ4n) is 1.91. The number of rotatable bonds is 1. The zero-order valence-corrected chi connectivity index (χ0v) is 9.71. The van der Waals surface area contributed by atoms with Crippen LogP contribution in [0.15, 0.2) is 9.59 Å². The van der Waals surface area contributed by atoms with Gasteiger partial charge in [-0.05, 0) is 26.2 Å². The SMILES string of the molecule is Cc1c(Cl)c(=O)[nH]c(=O)n1C1CCCCO1. The van der Waals surface area contributed by atoms with Crippen LogP contribution in [0.1, 0.15) is 31.2 Å². The van der Waals surface area contributed by atoms with Gasteiger partial charge in [-0.3, -0.25) is 14.3 Å². The largest absolute Gasteiger partial charge is 0.358 e. The van der Waals surface area contributed by atoms with E-state index in [1.807, 2.05) is 0 Å². The van der Waals surface area contributed by atoms with Gasteiger partial charge in [-0.1, -0.05) is 11.6 Å². The summed E-state index contributed by atoms with van der Waals surface area (Å²) >= 11 is 5.81. The second-order valence-electron chi connectivity index (χ2n) is 3.85. The van der Waals surface area contributed by atoms with E-state index in [-0.39, 0.29) is 11.3 Å². The first-order chi connectivity index (χ1) is 7.61. The molecule has 0 saturated carbocycles. The molecule has 1 N–H and O–H groups in total. The van der Waals surface area contributed by atoms with Crippen LogP contribution in [-0.2, 0) is 4.74 Å². The molecule has 88 valence electrons. The molecule has 5 nitrogen and oxygen atoms in total. The maximum Gasteiger partial charge on any atom is 0.330 e. The van der Waals surface area contributed by atoms with Gasteiger partial charge in [0.15, 0.2) is 0 Å². The number of H-pyrrole nitrogens is 1. The number of hydrogen-bond donors (Lipinski definition) is 1. The monoisotopic (exact) mass is 244 g/mol. The molecule has 0 spiro atoms. The van der Waals surface area contributed by atoms with E-state index in [0.29, 0.717) is 12.3 Å². The summed E-state index contributed by atoms with van der Waals surface area (Å²) < 4.78 is 6.92. The van der Waals surface area contributed by atoms with E-state index < -0.39 is 11.2 Å². The molecule has 1 aliphatic rings. The number of aromatic nitrogens is 2. The van der Waals surface area contributed by atoms with Crippen LogP contribution in [0.4, 0.5) is 0 Å². The van der Waals surface area contributed by atoms with Crippen LogP contribution in [0, 0.1) is 6.92 Å². The molecule has 0 aromatic carbocycles. The third-order valence-electron chi connectivity index (χ3n) is 2.76. The molecule has 16 heavy (non-hydrogen) atoms. The molecule has 1 aromatic heterocycles. The van der Waals surface area contributed by atoms with Gasteiger partial charge in [0.05, 0.1) is 0 Å². The molecule has 0 aliphatic carbocycles. The van der Waals surface area contributed by atoms with Crippen molar-refractivity contribution in [3.8, 4) is 0 Å². The highest BCUT2D eigenvalue weighted by molar-refractivity contribution is 6.30. The first-order valence-electron chi connectivity index (χ1n) is 5.24. The standard InChI is InChI=1S/C10H13ClN2O3/c1-6-8(11)9(14)12-10(15)13(6)7-4-2-3-5-16-7/h7H,2-5H2,1H3,(H,12,14,15). The van der Waals surface area contributed by atoms with Crippen LogP contribution in [0.3, 0.4) is 0 Å². The summed E-state index contributed by atoms with van der Waals surface area (Å²) in [5, 5.41) is 0.0498. The van der Waals surface area contributed by atoms with Gasteiger partial charge in [0.25, 0.3) is 5.56 Å². The molecule has 2 rings (SSSR count). The summed E-state index contributed by atoms with van der Waals surface area (Å²) in [5.41, 5.74) is -0.544. The van der Waals surface area contributed by atoms with Crippen molar-refractivity contribution >= 4 is 11.6 Å². The summed E-state index contributed by atoms with van der Waals surface area (Å²) in [7, 11) is 0. The highest BCUT2D eigenvalue weighted by Crippen LogP contribution is 2.23. The highest BCUT2D eigenvalue weighted by atomic mass is 35.5. The van der Waals surface area contributed by atoms with Crippen LogP contribution in [0.5, 0.6) is 0 Å². The fourth-order valence-corrected chi connectivity index (χ4v) is 2.05. The Labute approximate surface area is 97.0 Å². The first-order valence-corrected chi connectivity index (χ1v) is 5.61. The Morgan fingerprint density at radius 2 is 2.19 bits per heavy atom. The van der Waals surface area contributed by atoms with Crippen LogP contribution in [0.25, 0.3) is 0 Å². The zero-order chi connectivity index (χ0) is 11.7. The minimum absolute atomic E-state index is 0.0498. The molecular weight excluding hydrogens is 232 g/mol. The number of nitrogens with one attached hydrogen (secondary N) is 1. The molecule has 0 radical (unpaired) electrons. The Morgan fingerprint density at radius 3 is 2.81 bits per heavy atom. The van der Waals surface area contributed by atoms with Gasteiger partial charge in [0.2, 0.25) is 0 Å². The van der Waals surface area contributed by atoms with Gasteiger partial charge < -0.3 is 4.74 Å². The van der Waals surface area contributed by atoms with Crippen molar-refractivity contribution in [3.63, 3.8) is 0 Å². The van der Waals surface area contributed by atoms with Crippen molar-refractivity contribution in [3.05, 3.63) is 31.6 Å². The summed E-state index contributed by atoms with van der Waals surface area (Å²) in [6, 6.07) is 0. The number of nitrogens with zero attached hydrogens (tertiary/aromatic N) is 1. The predicted molar refractivity (Wildman–Crippen MR) is 59.9 cm³/mol. The molecule has 1 atom stereocenters. The average Bonchev–Trinajstić information content (AvgIpc) is 2.28. The smallest absolute Gasteiger partial charge is 0.330 e. The molecule has 1 saturated heterocycles. The molecule has 1 aromatic rings. The van der Waals surface area contributed by atoms with E-state index in [4.69, 9.17) is 16.3 Å². The molecule has 0 amide bonds. The Bertz CT molecular complexity index is 500. The van der Waals surface area contributed by atoms with Crippen LogP contribution < -0.4 is 11.2 Å². The number of halogens is 1. The summed E-state index contributed by atoms with van der Waals surface area (Å²) in [6.07, 6.45) is 2.47. The summed E-state index contributed by atoms with van der Waals surface area (Å²) in [4.78, 5) is 25.1. The fraction of sp³-hybridized carbons (Fsp3) is 0.600. The van der Waals surface area contributed by atoms with E-state index in [1.54, 1.807) is 6.92 Å². The van der Waals surface area contributed by atoms with Gasteiger partial charge in [-0.2, -0.15) is 0 Å². The molecule has 1 fully saturated rings. The summed E-state index contributed by atoms with van der Waals surface area (Å²) in [6.45, 7) is 2.28. The number of ether oxygens (including phenoxy) is 1. The Hall–Kier alpha value is -1.07. The molecule has 1 aliphatic heterocycles. The molecule has 1 unspecified atom stereocenters. The van der Waals surface area contributed by atoms with E-state index in [1.165, 1.54) is 4.57 Å². The molecular formula is C10H13ClN2O3. The molecule has 6 heteroatoms. The van der Waals surface area contributed by atoms with E-state index in [2.05, 4.69) is 4.98 Å². The van der Waals surface area contributed by atoms with Crippen LogP contribution >= 0.6 is 11.6 Å². The third-order valence-corrected chi connectivity index (χ3v) is 3.21. The predicted octanol–water partition coefficient (Wildman–Crippen LogP) is 1.20. The number of hydrogen-bond acceptors (Lipinski definition) is 3. The van der Waals surface area contributed by atoms with Crippen molar-refractivity contribution < 1.29 is 4.74 Å². The first kappa shape index (κ1) is 11.4. The van der Waals surface area contributed by atoms with Crippen LogP contribution in [0.2, 0.25) is 5.02 Å². The quantitative estimate of drug-likeness (QED) is 0.807. The lowest BCUT2D eigenvalue weighted by atomic mass is 10.2. The summed E-state index contributed by atoms with van der Waals surface area (Å²) in [5.74, 6) is 0. The van der Waals surface area contributed by atoms with Crippen molar-refractivity contribution in [2.75, 3.05) is 6.61 Å². The zero-order valence-electron chi connectivity index (χ0n) is 8.96. The van der Waals surface area contributed by atoms with Crippen molar-refractivity contribution in [1.82, 2.24) is 9.55 Å². The maximum atomic E-state index is 11.7. The van der Waals surface area contributed by atoms with E-state index >= 15 is 0 Å². The van der Waals surface area contributed by atoms with Gasteiger partial charge in [0.1, 0.15) is 11.3 Å². The van der Waals surface area contributed by atoms with Gasteiger partial charge in [-0.25, -0.2) is 4.79 Å². The second-order valence-corrected chi connectivity index (χ2v) is 4.23. The van der Waals surface area contributed by atoms with Crippen molar-refractivity contribution in [2.45, 2.75) is 32.4 Å². The lowest BCUT2D eigenvalue weighted by molar-refractivity contribution is -0.0360. The Morgan fingerprint density at radius 1 is 1.44 bits per heavy atom. The molecule has 0 bridgehead atoms. The second kappa shape index (κ2) is 4.43. The number of aromatic amines is 1. The van der Waals surface area contributed by atoms with Crippen LogP contribution in [-0.4, -0.2) is 16.2 Å². The van der Waals surface area contributed by atoms with Crippen molar-refractivity contribution in [2.24, 2.45) is 0 Å².